The number of piperidine rings is 1. The monoisotopic (exact) mass is 314 g/mol. The predicted molar refractivity (Wildman–Crippen MR) is 81.9 cm³/mol. The summed E-state index contributed by atoms with van der Waals surface area (Å²) in [7, 11) is -3.10. The van der Waals surface area contributed by atoms with Crippen molar-refractivity contribution in [1.29, 1.82) is 0 Å². The predicted octanol–water partition coefficient (Wildman–Crippen LogP) is 2.15. The summed E-state index contributed by atoms with van der Waals surface area (Å²) in [5.41, 5.74) is 1.04. The Kier molecular flexibility index (Phi) is 5.01. The molecular weight excluding hydrogens is 291 g/mol. The highest BCUT2D eigenvalue weighted by molar-refractivity contribution is 7.88. The first kappa shape index (κ1) is 16.4. The molecule has 1 aliphatic rings. The van der Waals surface area contributed by atoms with Gasteiger partial charge < -0.3 is 5.32 Å². The smallest absolute Gasteiger partial charge is 0.211 e. The van der Waals surface area contributed by atoms with Crippen molar-refractivity contribution in [2.45, 2.75) is 32.4 Å². The van der Waals surface area contributed by atoms with E-state index < -0.39 is 10.0 Å². The van der Waals surface area contributed by atoms with Crippen LogP contribution in [0, 0.1) is 11.7 Å². The van der Waals surface area contributed by atoms with Crippen molar-refractivity contribution >= 4 is 10.0 Å². The number of halogens is 1. The van der Waals surface area contributed by atoms with E-state index in [1.165, 1.54) is 18.4 Å². The molecule has 0 bridgehead atoms. The third-order valence-corrected chi connectivity index (χ3v) is 5.44. The normalized spacial score (nSPS) is 25.7. The maximum absolute atomic E-state index is 12.9. The number of nitrogens with zero attached hydrogens (tertiary/aromatic N) is 1. The fourth-order valence-electron chi connectivity index (χ4n) is 2.82. The molecule has 1 heterocycles. The Morgan fingerprint density at radius 1 is 1.33 bits per heavy atom. The summed E-state index contributed by atoms with van der Waals surface area (Å²) in [6.45, 7) is 5.21. The zero-order valence-corrected chi connectivity index (χ0v) is 13.5. The lowest BCUT2D eigenvalue weighted by atomic mass is 9.93. The van der Waals surface area contributed by atoms with Gasteiger partial charge >= 0.3 is 0 Å². The highest BCUT2D eigenvalue weighted by atomic mass is 32.2. The van der Waals surface area contributed by atoms with Gasteiger partial charge in [-0.1, -0.05) is 19.1 Å². The third-order valence-electron chi connectivity index (χ3n) is 4.17. The number of rotatable bonds is 4. The largest absolute Gasteiger partial charge is 0.307 e. The van der Waals surface area contributed by atoms with Crippen LogP contribution in [-0.2, 0) is 10.0 Å². The Morgan fingerprint density at radius 3 is 2.48 bits per heavy atom. The number of benzene rings is 1. The van der Waals surface area contributed by atoms with E-state index >= 15 is 0 Å². The minimum absolute atomic E-state index is 0.114. The second-order valence-corrected chi connectivity index (χ2v) is 7.92. The highest BCUT2D eigenvalue weighted by Crippen LogP contribution is 2.22. The van der Waals surface area contributed by atoms with E-state index in [0.29, 0.717) is 13.1 Å². The van der Waals surface area contributed by atoms with Gasteiger partial charge in [0.2, 0.25) is 10.0 Å². The Labute approximate surface area is 126 Å². The van der Waals surface area contributed by atoms with Crippen LogP contribution in [0.3, 0.4) is 0 Å². The topological polar surface area (TPSA) is 49.4 Å². The molecular formula is C15H23FN2O2S. The van der Waals surface area contributed by atoms with Crippen LogP contribution >= 0.6 is 0 Å². The summed E-state index contributed by atoms with van der Waals surface area (Å²) >= 11 is 0. The maximum atomic E-state index is 12.9. The molecule has 3 unspecified atom stereocenters. The third kappa shape index (κ3) is 4.25. The summed E-state index contributed by atoms with van der Waals surface area (Å²) in [5, 5.41) is 3.53. The standard InChI is InChI=1S/C15H23FN2O2S/c1-11-10-18(21(3,19)20)9-8-15(11)17-12(2)13-4-6-14(16)7-5-13/h4-7,11-12,15,17H,8-10H2,1-3H3. The minimum atomic E-state index is -3.10. The van der Waals surface area contributed by atoms with E-state index in [9.17, 15) is 12.8 Å². The van der Waals surface area contributed by atoms with Crippen molar-refractivity contribution in [3.8, 4) is 0 Å². The van der Waals surface area contributed by atoms with Gasteiger partial charge in [0.1, 0.15) is 5.82 Å². The van der Waals surface area contributed by atoms with Crippen LogP contribution < -0.4 is 5.32 Å². The molecule has 4 nitrogen and oxygen atoms in total. The molecule has 1 aliphatic heterocycles. The molecule has 0 saturated carbocycles. The van der Waals surface area contributed by atoms with Gasteiger partial charge in [0, 0.05) is 25.2 Å². The summed E-state index contributed by atoms with van der Waals surface area (Å²) < 4.78 is 37.7. The molecule has 1 aromatic carbocycles. The van der Waals surface area contributed by atoms with Crippen molar-refractivity contribution < 1.29 is 12.8 Å². The SMILES string of the molecule is CC(NC1CCN(S(C)(=O)=O)CC1C)c1ccc(F)cc1. The Morgan fingerprint density at radius 2 is 1.95 bits per heavy atom. The number of sulfonamides is 1. The fraction of sp³-hybridized carbons (Fsp3) is 0.600. The van der Waals surface area contributed by atoms with E-state index in [4.69, 9.17) is 0 Å². The lowest BCUT2D eigenvalue weighted by molar-refractivity contribution is 0.210. The van der Waals surface area contributed by atoms with E-state index in [-0.39, 0.29) is 23.8 Å². The van der Waals surface area contributed by atoms with Crippen molar-refractivity contribution in [3.63, 3.8) is 0 Å². The molecule has 0 radical (unpaired) electrons. The summed E-state index contributed by atoms with van der Waals surface area (Å²) in [4.78, 5) is 0. The van der Waals surface area contributed by atoms with Crippen molar-refractivity contribution in [2.24, 2.45) is 5.92 Å². The molecule has 2 rings (SSSR count). The summed E-state index contributed by atoms with van der Waals surface area (Å²) in [5.74, 6) is 0.0113. The van der Waals surface area contributed by atoms with Gasteiger partial charge in [-0.05, 0) is 37.0 Å². The van der Waals surface area contributed by atoms with Crippen LogP contribution in [0.5, 0.6) is 0 Å². The van der Waals surface area contributed by atoms with Gasteiger partial charge in [-0.2, -0.15) is 0 Å². The first-order valence-electron chi connectivity index (χ1n) is 7.24. The molecule has 1 aromatic rings. The van der Waals surface area contributed by atoms with E-state index in [1.807, 2.05) is 6.92 Å². The Hall–Kier alpha value is -0.980. The quantitative estimate of drug-likeness (QED) is 0.926. The molecule has 0 aliphatic carbocycles. The lowest BCUT2D eigenvalue weighted by Crippen LogP contribution is -2.50. The molecule has 21 heavy (non-hydrogen) atoms. The van der Waals surface area contributed by atoms with Crippen LogP contribution in [0.4, 0.5) is 4.39 Å². The number of hydrogen-bond donors (Lipinski definition) is 1. The Bertz CT molecular complexity index is 574. The Balaban J connectivity index is 1.96. The van der Waals surface area contributed by atoms with Crippen molar-refractivity contribution in [2.75, 3.05) is 19.3 Å². The van der Waals surface area contributed by atoms with Gasteiger partial charge in [-0.15, -0.1) is 0 Å². The van der Waals surface area contributed by atoms with E-state index in [2.05, 4.69) is 12.2 Å². The molecule has 0 spiro atoms. The molecule has 3 atom stereocenters. The average Bonchev–Trinajstić information content (AvgIpc) is 2.40. The minimum Gasteiger partial charge on any atom is -0.307 e. The second-order valence-electron chi connectivity index (χ2n) is 5.93. The summed E-state index contributed by atoms with van der Waals surface area (Å²) in [6, 6.07) is 6.87. The zero-order chi connectivity index (χ0) is 15.6. The van der Waals surface area contributed by atoms with Gasteiger partial charge in [0.05, 0.1) is 6.26 Å². The highest BCUT2D eigenvalue weighted by Gasteiger charge is 2.31. The van der Waals surface area contributed by atoms with E-state index in [0.717, 1.165) is 12.0 Å². The fourth-order valence-corrected chi connectivity index (χ4v) is 3.77. The maximum Gasteiger partial charge on any atom is 0.211 e. The summed E-state index contributed by atoms with van der Waals surface area (Å²) in [6.07, 6.45) is 2.05. The van der Waals surface area contributed by atoms with Gasteiger partial charge in [0.15, 0.2) is 0 Å². The van der Waals surface area contributed by atoms with Crippen LogP contribution in [0.25, 0.3) is 0 Å². The van der Waals surface area contributed by atoms with Crippen LogP contribution in [0.2, 0.25) is 0 Å². The molecule has 0 amide bonds. The van der Waals surface area contributed by atoms with Crippen LogP contribution in [-0.4, -0.2) is 38.1 Å². The van der Waals surface area contributed by atoms with Gasteiger partial charge in [-0.25, -0.2) is 17.1 Å². The second kappa shape index (κ2) is 6.42. The van der Waals surface area contributed by atoms with Crippen LogP contribution in [0.15, 0.2) is 24.3 Å². The number of nitrogens with one attached hydrogen (secondary N) is 1. The molecule has 118 valence electrons. The molecule has 1 N–H and O–H groups in total. The lowest BCUT2D eigenvalue weighted by Gasteiger charge is -2.37. The van der Waals surface area contributed by atoms with E-state index in [1.54, 1.807) is 16.4 Å². The molecule has 1 saturated heterocycles. The number of hydrogen-bond acceptors (Lipinski definition) is 3. The molecule has 1 fully saturated rings. The average molecular weight is 314 g/mol. The van der Waals surface area contributed by atoms with Gasteiger partial charge in [0.25, 0.3) is 0 Å². The zero-order valence-electron chi connectivity index (χ0n) is 12.7. The molecule has 6 heteroatoms. The van der Waals surface area contributed by atoms with Crippen LogP contribution in [0.1, 0.15) is 31.9 Å². The van der Waals surface area contributed by atoms with Crippen molar-refractivity contribution in [3.05, 3.63) is 35.6 Å². The van der Waals surface area contributed by atoms with Gasteiger partial charge in [-0.3, -0.25) is 0 Å². The first-order valence-corrected chi connectivity index (χ1v) is 9.09. The molecule has 0 aromatic heterocycles. The first-order chi connectivity index (χ1) is 9.77. The van der Waals surface area contributed by atoms with Crippen molar-refractivity contribution in [1.82, 2.24) is 9.62 Å².